The van der Waals surface area contributed by atoms with E-state index < -0.39 is 0 Å². The van der Waals surface area contributed by atoms with Gasteiger partial charge in [-0.05, 0) is 37.3 Å². The summed E-state index contributed by atoms with van der Waals surface area (Å²) in [6.07, 6.45) is 0. The van der Waals surface area contributed by atoms with E-state index in [1.807, 2.05) is 37.3 Å². The molecule has 2 amide bonds. The van der Waals surface area contributed by atoms with Crippen LogP contribution < -0.4 is 10.6 Å². The van der Waals surface area contributed by atoms with Crippen LogP contribution in [0.15, 0.2) is 60.7 Å². The third kappa shape index (κ3) is 3.41. The maximum atomic E-state index is 12.4. The molecule has 3 aromatic rings. The molecule has 0 atom stereocenters. The van der Waals surface area contributed by atoms with Crippen molar-refractivity contribution in [3.63, 3.8) is 0 Å². The molecule has 3 rings (SSSR count). The fourth-order valence-corrected chi connectivity index (χ4v) is 2.39. The number of nitrogens with one attached hydrogen (secondary N) is 2. The number of benzene rings is 2. The summed E-state index contributed by atoms with van der Waals surface area (Å²) in [4.78, 5) is 28.6. The highest BCUT2D eigenvalue weighted by Crippen LogP contribution is 2.15. The van der Waals surface area contributed by atoms with Crippen molar-refractivity contribution in [2.75, 3.05) is 11.9 Å². The fourth-order valence-electron chi connectivity index (χ4n) is 2.39. The molecule has 0 aliphatic carbocycles. The Bertz CT molecular complexity index is 906. The molecule has 1 heterocycles. The topological polar surface area (TPSA) is 71.1 Å². The Morgan fingerprint density at radius 1 is 0.958 bits per heavy atom. The molecular formula is C19H17N3O2. The predicted octanol–water partition coefficient (Wildman–Crippen LogP) is 3.24. The molecule has 0 bridgehead atoms. The zero-order valence-corrected chi connectivity index (χ0v) is 13.2. The minimum Gasteiger partial charge on any atom is -0.352 e. The molecule has 0 saturated carbocycles. The van der Waals surface area contributed by atoms with Gasteiger partial charge in [-0.25, -0.2) is 4.98 Å². The monoisotopic (exact) mass is 319 g/mol. The van der Waals surface area contributed by atoms with Crippen LogP contribution in [0.4, 0.5) is 5.69 Å². The van der Waals surface area contributed by atoms with E-state index >= 15 is 0 Å². The number of para-hydroxylation sites is 1. The summed E-state index contributed by atoms with van der Waals surface area (Å²) in [7, 11) is 0. The summed E-state index contributed by atoms with van der Waals surface area (Å²) in [5.41, 5.74) is 2.15. The number of fused-ring (bicyclic) bond motifs is 1. The first-order valence-electron chi connectivity index (χ1n) is 7.73. The Morgan fingerprint density at radius 2 is 1.79 bits per heavy atom. The van der Waals surface area contributed by atoms with E-state index in [9.17, 15) is 9.59 Å². The Labute approximate surface area is 139 Å². The van der Waals surface area contributed by atoms with E-state index in [1.54, 1.807) is 30.3 Å². The van der Waals surface area contributed by atoms with Crippen molar-refractivity contribution < 1.29 is 9.59 Å². The zero-order valence-electron chi connectivity index (χ0n) is 13.2. The van der Waals surface area contributed by atoms with E-state index in [2.05, 4.69) is 15.6 Å². The number of aromatic nitrogens is 1. The molecular weight excluding hydrogens is 302 g/mol. The molecule has 0 radical (unpaired) electrons. The predicted molar refractivity (Wildman–Crippen MR) is 94.1 cm³/mol. The second kappa shape index (κ2) is 6.91. The third-order valence-corrected chi connectivity index (χ3v) is 3.55. The Balaban J connectivity index is 1.80. The van der Waals surface area contributed by atoms with Crippen molar-refractivity contribution in [1.82, 2.24) is 10.3 Å². The number of nitrogens with zero attached hydrogens (tertiary/aromatic N) is 1. The van der Waals surface area contributed by atoms with Crippen LogP contribution in [-0.2, 0) is 0 Å². The average Bonchev–Trinajstić information content (AvgIpc) is 2.61. The van der Waals surface area contributed by atoms with Gasteiger partial charge in [-0.15, -0.1) is 0 Å². The first-order valence-corrected chi connectivity index (χ1v) is 7.73. The molecule has 0 saturated heterocycles. The molecule has 0 aliphatic heterocycles. The highest BCUT2D eigenvalue weighted by atomic mass is 16.2. The van der Waals surface area contributed by atoms with Crippen molar-refractivity contribution in [3.05, 3.63) is 71.9 Å². The Kier molecular flexibility index (Phi) is 4.52. The number of amides is 2. The number of pyridine rings is 1. The van der Waals surface area contributed by atoms with Crippen molar-refractivity contribution in [2.24, 2.45) is 0 Å². The standard InChI is InChI=1S/C19H17N3O2/c1-2-20-18(23)14-7-5-8-15(12-14)21-19(24)17-11-10-13-6-3-4-9-16(13)22-17/h3-12H,2H2,1H3,(H,20,23)(H,21,24). The lowest BCUT2D eigenvalue weighted by Gasteiger charge is -2.08. The van der Waals surface area contributed by atoms with Gasteiger partial charge in [-0.3, -0.25) is 9.59 Å². The lowest BCUT2D eigenvalue weighted by atomic mass is 10.1. The maximum Gasteiger partial charge on any atom is 0.274 e. The van der Waals surface area contributed by atoms with Crippen LogP contribution in [0.2, 0.25) is 0 Å². The number of rotatable bonds is 4. The SMILES string of the molecule is CCNC(=O)c1cccc(NC(=O)c2ccc3ccccc3n2)c1. The summed E-state index contributed by atoms with van der Waals surface area (Å²) < 4.78 is 0. The molecule has 120 valence electrons. The molecule has 0 aliphatic rings. The average molecular weight is 319 g/mol. The number of hydrogen-bond donors (Lipinski definition) is 2. The van der Waals surface area contributed by atoms with E-state index in [-0.39, 0.29) is 11.8 Å². The molecule has 24 heavy (non-hydrogen) atoms. The van der Waals surface area contributed by atoms with Crippen LogP contribution in [0, 0.1) is 0 Å². The van der Waals surface area contributed by atoms with Gasteiger partial charge in [0.15, 0.2) is 0 Å². The van der Waals surface area contributed by atoms with Crippen molar-refractivity contribution >= 4 is 28.4 Å². The number of carbonyl (C=O) groups excluding carboxylic acids is 2. The maximum absolute atomic E-state index is 12.4. The molecule has 0 unspecified atom stereocenters. The van der Waals surface area contributed by atoms with Crippen molar-refractivity contribution in [1.29, 1.82) is 0 Å². The van der Waals surface area contributed by atoms with Gasteiger partial charge in [0.25, 0.3) is 11.8 Å². The summed E-state index contributed by atoms with van der Waals surface area (Å²) in [6.45, 7) is 2.41. The van der Waals surface area contributed by atoms with Crippen LogP contribution >= 0.6 is 0 Å². The highest BCUT2D eigenvalue weighted by molar-refractivity contribution is 6.05. The largest absolute Gasteiger partial charge is 0.352 e. The van der Waals surface area contributed by atoms with Crippen LogP contribution in [0.25, 0.3) is 10.9 Å². The summed E-state index contributed by atoms with van der Waals surface area (Å²) in [5, 5.41) is 6.49. The van der Waals surface area contributed by atoms with E-state index in [4.69, 9.17) is 0 Å². The summed E-state index contributed by atoms with van der Waals surface area (Å²) in [5.74, 6) is -0.480. The summed E-state index contributed by atoms with van der Waals surface area (Å²) >= 11 is 0. The molecule has 1 aromatic heterocycles. The summed E-state index contributed by atoms with van der Waals surface area (Å²) in [6, 6.07) is 18.0. The molecule has 2 aromatic carbocycles. The van der Waals surface area contributed by atoms with Gasteiger partial charge in [-0.2, -0.15) is 0 Å². The first kappa shape index (κ1) is 15.7. The highest BCUT2D eigenvalue weighted by Gasteiger charge is 2.10. The van der Waals surface area contributed by atoms with Crippen LogP contribution in [0.3, 0.4) is 0 Å². The van der Waals surface area contributed by atoms with Crippen LogP contribution in [-0.4, -0.2) is 23.3 Å². The molecule has 5 heteroatoms. The van der Waals surface area contributed by atoms with Crippen LogP contribution in [0.1, 0.15) is 27.8 Å². The number of anilines is 1. The van der Waals surface area contributed by atoms with Crippen LogP contribution in [0.5, 0.6) is 0 Å². The van der Waals surface area contributed by atoms with Crippen molar-refractivity contribution in [2.45, 2.75) is 6.92 Å². The second-order valence-electron chi connectivity index (χ2n) is 5.28. The number of hydrogen-bond acceptors (Lipinski definition) is 3. The van der Waals surface area contributed by atoms with E-state index in [0.717, 1.165) is 10.9 Å². The van der Waals surface area contributed by atoms with Gasteiger partial charge in [0.05, 0.1) is 5.52 Å². The van der Waals surface area contributed by atoms with Gasteiger partial charge >= 0.3 is 0 Å². The molecule has 5 nitrogen and oxygen atoms in total. The molecule has 2 N–H and O–H groups in total. The smallest absolute Gasteiger partial charge is 0.274 e. The Morgan fingerprint density at radius 3 is 2.62 bits per heavy atom. The van der Waals surface area contributed by atoms with Crippen molar-refractivity contribution in [3.8, 4) is 0 Å². The lowest BCUT2D eigenvalue weighted by molar-refractivity contribution is 0.0954. The minimum absolute atomic E-state index is 0.169. The lowest BCUT2D eigenvalue weighted by Crippen LogP contribution is -2.22. The second-order valence-corrected chi connectivity index (χ2v) is 5.28. The first-order chi connectivity index (χ1) is 11.7. The van der Waals surface area contributed by atoms with Gasteiger partial charge < -0.3 is 10.6 Å². The van der Waals surface area contributed by atoms with Gasteiger partial charge in [0.1, 0.15) is 5.69 Å². The fraction of sp³-hybridized carbons (Fsp3) is 0.105. The van der Waals surface area contributed by atoms with E-state index in [1.165, 1.54) is 0 Å². The van der Waals surface area contributed by atoms with Gasteiger partial charge in [-0.1, -0.05) is 30.3 Å². The van der Waals surface area contributed by atoms with Gasteiger partial charge in [0, 0.05) is 23.2 Å². The Hall–Kier alpha value is -3.21. The normalized spacial score (nSPS) is 10.4. The van der Waals surface area contributed by atoms with E-state index in [0.29, 0.717) is 23.5 Å². The minimum atomic E-state index is -0.311. The zero-order chi connectivity index (χ0) is 16.9. The molecule has 0 spiro atoms. The third-order valence-electron chi connectivity index (χ3n) is 3.55. The molecule has 0 fully saturated rings. The number of carbonyl (C=O) groups is 2. The quantitative estimate of drug-likeness (QED) is 0.775. The van der Waals surface area contributed by atoms with Gasteiger partial charge in [0.2, 0.25) is 0 Å².